The average Bonchev–Trinajstić information content (AvgIpc) is 3.11. The fourth-order valence-electron chi connectivity index (χ4n) is 3.31. The summed E-state index contributed by atoms with van der Waals surface area (Å²) in [4.78, 5) is 16.5. The minimum Gasteiger partial charge on any atom is -0.569 e. The number of carboxylic acid groups (broad SMARTS) is 1. The molecule has 2 rings (SSSR count). The smallest absolute Gasteiger partial charge is 0.404 e. The maximum atomic E-state index is 12.4. The summed E-state index contributed by atoms with van der Waals surface area (Å²) in [6.45, 7) is 5.85. The Bertz CT molecular complexity index is 672. The SMILES string of the molecule is COc1ccc([C@@H]2CC[C@H](ON=[N+]([O-])N(CCNC(=O)O)C(C)(C)C)C2)cc1. The van der Waals surface area contributed by atoms with Gasteiger partial charge in [-0.3, -0.25) is 0 Å². The third-order valence-corrected chi connectivity index (χ3v) is 4.82. The zero-order valence-corrected chi connectivity index (χ0v) is 16.9. The van der Waals surface area contributed by atoms with Crippen LogP contribution in [0.3, 0.4) is 0 Å². The fraction of sp³-hybridized carbons (Fsp3) is 0.632. The molecule has 1 aromatic rings. The summed E-state index contributed by atoms with van der Waals surface area (Å²) >= 11 is 0. The van der Waals surface area contributed by atoms with Gasteiger partial charge < -0.3 is 25.2 Å². The average molecular weight is 394 g/mol. The van der Waals surface area contributed by atoms with E-state index in [-0.39, 0.29) is 19.2 Å². The van der Waals surface area contributed by atoms with Crippen molar-refractivity contribution in [2.75, 3.05) is 20.2 Å². The normalized spacial score (nSPS) is 19.9. The molecule has 9 heteroatoms. The van der Waals surface area contributed by atoms with E-state index in [1.165, 1.54) is 10.6 Å². The number of methoxy groups -OCH3 is 1. The number of hydrazine groups is 1. The molecule has 0 bridgehead atoms. The molecule has 0 aromatic heterocycles. The third kappa shape index (κ3) is 6.17. The zero-order chi connectivity index (χ0) is 20.7. The van der Waals surface area contributed by atoms with Gasteiger partial charge in [-0.05, 0) is 63.6 Å². The molecule has 0 saturated heterocycles. The number of hydrogen-bond acceptors (Lipinski definition) is 5. The summed E-state index contributed by atoms with van der Waals surface area (Å²) in [7, 11) is 1.64. The van der Waals surface area contributed by atoms with Gasteiger partial charge in [-0.1, -0.05) is 12.1 Å². The van der Waals surface area contributed by atoms with Crippen LogP contribution in [-0.2, 0) is 4.84 Å². The third-order valence-electron chi connectivity index (χ3n) is 4.82. The summed E-state index contributed by atoms with van der Waals surface area (Å²) in [5, 5.41) is 28.5. The first-order valence-corrected chi connectivity index (χ1v) is 9.43. The van der Waals surface area contributed by atoms with Crippen LogP contribution in [0.25, 0.3) is 0 Å². The fourth-order valence-corrected chi connectivity index (χ4v) is 3.31. The summed E-state index contributed by atoms with van der Waals surface area (Å²) in [6, 6.07) is 8.00. The second-order valence-electron chi connectivity index (χ2n) is 7.87. The first-order valence-electron chi connectivity index (χ1n) is 9.43. The van der Waals surface area contributed by atoms with Gasteiger partial charge in [0.1, 0.15) is 11.9 Å². The van der Waals surface area contributed by atoms with Crippen molar-refractivity contribution in [2.24, 2.45) is 5.28 Å². The van der Waals surface area contributed by atoms with E-state index in [0.717, 1.165) is 25.0 Å². The molecule has 0 spiro atoms. The quantitative estimate of drug-likeness (QED) is 0.397. The van der Waals surface area contributed by atoms with Crippen LogP contribution in [0.1, 0.15) is 51.5 Å². The molecule has 0 heterocycles. The van der Waals surface area contributed by atoms with Gasteiger partial charge in [0.25, 0.3) is 0 Å². The monoisotopic (exact) mass is 394 g/mol. The highest BCUT2D eigenvalue weighted by atomic mass is 16.7. The largest absolute Gasteiger partial charge is 0.569 e. The van der Waals surface area contributed by atoms with Crippen molar-refractivity contribution < 1.29 is 24.4 Å². The number of benzene rings is 1. The van der Waals surface area contributed by atoms with Crippen LogP contribution in [0.5, 0.6) is 5.75 Å². The van der Waals surface area contributed by atoms with Crippen molar-refractivity contribution in [3.63, 3.8) is 0 Å². The first-order chi connectivity index (χ1) is 13.2. The molecule has 1 saturated carbocycles. The molecule has 9 nitrogen and oxygen atoms in total. The van der Waals surface area contributed by atoms with E-state index in [1.54, 1.807) is 7.11 Å². The summed E-state index contributed by atoms with van der Waals surface area (Å²) in [5.74, 6) is 1.19. The van der Waals surface area contributed by atoms with E-state index in [4.69, 9.17) is 14.7 Å². The molecule has 1 fully saturated rings. The molecule has 2 atom stereocenters. The number of carbonyl (C=O) groups is 1. The van der Waals surface area contributed by atoms with Gasteiger partial charge in [0.15, 0.2) is 0 Å². The predicted octanol–water partition coefficient (Wildman–Crippen LogP) is 3.51. The summed E-state index contributed by atoms with van der Waals surface area (Å²) < 4.78 is 5.19. The maximum absolute atomic E-state index is 12.4. The summed E-state index contributed by atoms with van der Waals surface area (Å²) in [5.41, 5.74) is 0.692. The molecule has 0 radical (unpaired) electrons. The van der Waals surface area contributed by atoms with Crippen molar-refractivity contribution in [1.82, 2.24) is 10.3 Å². The Morgan fingerprint density at radius 1 is 1.36 bits per heavy atom. The molecule has 156 valence electrons. The highest BCUT2D eigenvalue weighted by Crippen LogP contribution is 2.36. The lowest BCUT2D eigenvalue weighted by atomic mass is 9.98. The molecule has 28 heavy (non-hydrogen) atoms. The number of hydrogen-bond donors (Lipinski definition) is 2. The van der Waals surface area contributed by atoms with E-state index in [2.05, 4.69) is 22.7 Å². The lowest BCUT2D eigenvalue weighted by molar-refractivity contribution is -0.725. The Morgan fingerprint density at radius 2 is 2.04 bits per heavy atom. The van der Waals surface area contributed by atoms with Crippen molar-refractivity contribution in [3.05, 3.63) is 35.0 Å². The highest BCUT2D eigenvalue weighted by molar-refractivity contribution is 5.64. The Hall–Kier alpha value is -2.71. The maximum Gasteiger partial charge on any atom is 0.404 e. The molecule has 0 aliphatic heterocycles. The molecular formula is C19H30N4O5. The molecule has 2 N–H and O–H groups in total. The van der Waals surface area contributed by atoms with E-state index < -0.39 is 11.6 Å². The van der Waals surface area contributed by atoms with Crippen molar-refractivity contribution in [2.45, 2.75) is 57.6 Å². The Kier molecular flexibility index (Phi) is 7.31. The molecule has 1 aromatic carbocycles. The Morgan fingerprint density at radius 3 is 2.61 bits per heavy atom. The topological polar surface area (TPSA) is 109 Å². The van der Waals surface area contributed by atoms with Crippen LogP contribution in [0.4, 0.5) is 4.79 Å². The van der Waals surface area contributed by atoms with Gasteiger partial charge in [-0.15, -0.1) is 5.01 Å². The van der Waals surface area contributed by atoms with E-state index in [0.29, 0.717) is 10.9 Å². The van der Waals surface area contributed by atoms with Gasteiger partial charge in [-0.25, -0.2) is 4.79 Å². The molecular weight excluding hydrogens is 364 g/mol. The van der Waals surface area contributed by atoms with Crippen LogP contribution in [0.15, 0.2) is 29.5 Å². The van der Waals surface area contributed by atoms with E-state index >= 15 is 0 Å². The van der Waals surface area contributed by atoms with Crippen molar-refractivity contribution in [1.29, 1.82) is 0 Å². The second-order valence-corrected chi connectivity index (χ2v) is 7.87. The van der Waals surface area contributed by atoms with Gasteiger partial charge in [-0.2, -0.15) is 0 Å². The second kappa shape index (κ2) is 9.48. The Labute approximate surface area is 165 Å². The molecule has 1 aliphatic rings. The number of amides is 1. The van der Waals surface area contributed by atoms with Gasteiger partial charge in [0.2, 0.25) is 5.28 Å². The van der Waals surface area contributed by atoms with Gasteiger partial charge in [0, 0.05) is 6.54 Å². The minimum absolute atomic E-state index is 0.115. The van der Waals surface area contributed by atoms with E-state index in [1.807, 2.05) is 32.9 Å². The number of rotatable bonds is 8. The lowest BCUT2D eigenvalue weighted by Crippen LogP contribution is -2.49. The lowest BCUT2D eigenvalue weighted by Gasteiger charge is -2.30. The number of ether oxygens (including phenoxy) is 1. The van der Waals surface area contributed by atoms with Crippen LogP contribution >= 0.6 is 0 Å². The van der Waals surface area contributed by atoms with Crippen LogP contribution in [0, 0.1) is 5.21 Å². The summed E-state index contributed by atoms with van der Waals surface area (Å²) in [6.07, 6.45) is 1.33. The highest BCUT2D eigenvalue weighted by Gasteiger charge is 2.31. The van der Waals surface area contributed by atoms with E-state index in [9.17, 15) is 10.0 Å². The van der Waals surface area contributed by atoms with Crippen LogP contribution < -0.4 is 10.1 Å². The van der Waals surface area contributed by atoms with Crippen molar-refractivity contribution in [3.8, 4) is 5.75 Å². The first kappa shape index (κ1) is 21.6. The van der Waals surface area contributed by atoms with Gasteiger partial charge in [0.05, 0.1) is 24.2 Å². The number of nitrogens with zero attached hydrogens (tertiary/aromatic N) is 3. The zero-order valence-electron chi connectivity index (χ0n) is 16.9. The number of nitrogens with one attached hydrogen (secondary N) is 1. The molecule has 1 amide bonds. The standard InChI is InChI=1S/C19H30N4O5/c1-19(2,3)22(12-11-20-18(24)25)23(26)21-28-17-10-7-15(13-17)14-5-8-16(27-4)9-6-14/h5-6,8-9,15,17,20H,7,10-13H2,1-4H3,(H,24,25)/t15-,17+/m1/s1. The van der Waals surface area contributed by atoms with Gasteiger partial charge >= 0.3 is 6.09 Å². The minimum atomic E-state index is -1.13. The van der Waals surface area contributed by atoms with Crippen LogP contribution in [-0.4, -0.2) is 53.0 Å². The van der Waals surface area contributed by atoms with Crippen LogP contribution in [0.2, 0.25) is 0 Å². The van der Waals surface area contributed by atoms with Crippen molar-refractivity contribution >= 4 is 6.09 Å². The molecule has 1 aliphatic carbocycles. The predicted molar refractivity (Wildman–Crippen MR) is 103 cm³/mol. The Balaban J connectivity index is 1.92. The molecule has 0 unspecified atom stereocenters.